The van der Waals surface area contributed by atoms with Gasteiger partial charge >= 0.3 is 0 Å². The maximum atomic E-state index is 13.2. The van der Waals surface area contributed by atoms with Crippen molar-refractivity contribution in [3.8, 4) is 0 Å². The van der Waals surface area contributed by atoms with Crippen molar-refractivity contribution in [3.05, 3.63) is 46.6 Å². The second-order valence-corrected chi connectivity index (χ2v) is 7.87. The molecule has 2 aliphatic rings. The van der Waals surface area contributed by atoms with E-state index in [2.05, 4.69) is 39.6 Å². The molecule has 1 fully saturated rings. The number of likely N-dealkylation sites (tertiary alicyclic amines) is 1. The highest BCUT2D eigenvalue weighted by Crippen LogP contribution is 2.31. The molecule has 5 heteroatoms. The number of likely N-dealkylation sites (N-methyl/N-ethyl adjacent to an activating group) is 1. The van der Waals surface area contributed by atoms with Gasteiger partial charge < -0.3 is 9.88 Å². The van der Waals surface area contributed by atoms with Crippen LogP contribution in [-0.2, 0) is 6.54 Å². The number of nitrogens with one attached hydrogen (secondary N) is 1. The van der Waals surface area contributed by atoms with E-state index in [9.17, 15) is 4.79 Å². The van der Waals surface area contributed by atoms with E-state index >= 15 is 0 Å². The highest BCUT2D eigenvalue weighted by Gasteiger charge is 2.24. The van der Waals surface area contributed by atoms with Crippen molar-refractivity contribution in [2.24, 2.45) is 0 Å². The third-order valence-electron chi connectivity index (χ3n) is 5.21. The van der Waals surface area contributed by atoms with Crippen LogP contribution < -0.4 is 0 Å². The molecule has 2 aromatic heterocycles. The van der Waals surface area contributed by atoms with Gasteiger partial charge in [-0.05, 0) is 56.3 Å². The molecule has 4 nitrogen and oxygen atoms in total. The quantitative estimate of drug-likeness (QED) is 0.876. The minimum atomic E-state index is 0.0632. The maximum Gasteiger partial charge on any atom is 0.274 e. The number of hydrogen-bond donors (Lipinski definition) is 1. The van der Waals surface area contributed by atoms with E-state index in [-0.39, 0.29) is 5.91 Å². The van der Waals surface area contributed by atoms with Gasteiger partial charge in [0.05, 0.1) is 10.2 Å². The minimum Gasteiger partial charge on any atom is -0.350 e. The van der Waals surface area contributed by atoms with Crippen molar-refractivity contribution in [1.82, 2.24) is 14.8 Å². The molecule has 1 N–H and O–H groups in total. The van der Waals surface area contributed by atoms with E-state index in [4.69, 9.17) is 0 Å². The van der Waals surface area contributed by atoms with Crippen LogP contribution in [0.15, 0.2) is 35.4 Å². The molecule has 0 unspecified atom stereocenters. The molecule has 3 heterocycles. The van der Waals surface area contributed by atoms with Gasteiger partial charge in [-0.25, -0.2) is 0 Å². The summed E-state index contributed by atoms with van der Waals surface area (Å²) in [4.78, 5) is 20.8. The van der Waals surface area contributed by atoms with Crippen LogP contribution in [0.1, 0.15) is 48.2 Å². The lowest BCUT2D eigenvalue weighted by molar-refractivity contribution is 0.0832. The molecule has 1 aliphatic carbocycles. The number of aromatic nitrogens is 1. The number of nitrogens with zero attached hydrogens (tertiary/aromatic N) is 2. The highest BCUT2D eigenvalue weighted by molar-refractivity contribution is 7.17. The number of amides is 1. The molecule has 1 saturated heterocycles. The summed E-state index contributed by atoms with van der Waals surface area (Å²) in [6.07, 6.45) is 12.3. The van der Waals surface area contributed by atoms with E-state index in [1.165, 1.54) is 29.5 Å². The second-order valence-electron chi connectivity index (χ2n) is 6.95. The first kappa shape index (κ1) is 16.6. The average Bonchev–Trinajstić information content (AvgIpc) is 3.25. The zero-order valence-electron chi connectivity index (χ0n) is 14.8. The largest absolute Gasteiger partial charge is 0.350 e. The summed E-state index contributed by atoms with van der Waals surface area (Å²) in [5.41, 5.74) is 4.01. The monoisotopic (exact) mass is 355 g/mol. The molecule has 0 saturated carbocycles. The summed E-state index contributed by atoms with van der Waals surface area (Å²) in [7, 11) is 1.88. The van der Waals surface area contributed by atoms with Crippen LogP contribution in [-0.4, -0.2) is 40.8 Å². The topological polar surface area (TPSA) is 39.3 Å². The van der Waals surface area contributed by atoms with Crippen molar-refractivity contribution in [2.45, 2.75) is 38.6 Å². The molecule has 0 aromatic carbocycles. The predicted molar refractivity (Wildman–Crippen MR) is 104 cm³/mol. The molecule has 0 spiro atoms. The Morgan fingerprint density at radius 2 is 2.12 bits per heavy atom. The van der Waals surface area contributed by atoms with Gasteiger partial charge in [0, 0.05) is 24.9 Å². The van der Waals surface area contributed by atoms with Crippen molar-refractivity contribution in [1.29, 1.82) is 0 Å². The Hall–Kier alpha value is -1.85. The van der Waals surface area contributed by atoms with Crippen molar-refractivity contribution < 1.29 is 4.79 Å². The first-order valence-corrected chi connectivity index (χ1v) is 10.1. The minimum absolute atomic E-state index is 0.0632. The van der Waals surface area contributed by atoms with E-state index in [1.807, 2.05) is 7.05 Å². The highest BCUT2D eigenvalue weighted by atomic mass is 32.1. The molecule has 2 aromatic rings. The molecule has 0 atom stereocenters. The molecule has 4 rings (SSSR count). The number of carbonyl (C=O) groups is 1. The molecular weight excluding hydrogens is 330 g/mol. The molecule has 132 valence electrons. The Balaban J connectivity index is 1.64. The van der Waals surface area contributed by atoms with Gasteiger partial charge in [0.25, 0.3) is 5.91 Å². The van der Waals surface area contributed by atoms with Gasteiger partial charge in [-0.2, -0.15) is 0 Å². The Labute approximate surface area is 152 Å². The number of H-pyrrole nitrogens is 1. The number of thiophene rings is 1. The fraction of sp³-hybridized carbons (Fsp3) is 0.450. The Morgan fingerprint density at radius 3 is 2.88 bits per heavy atom. The number of rotatable bonds is 4. The summed E-state index contributed by atoms with van der Waals surface area (Å²) in [5.74, 6) is 0.0632. The van der Waals surface area contributed by atoms with Crippen LogP contribution in [0.3, 0.4) is 0 Å². The average molecular weight is 356 g/mol. The summed E-state index contributed by atoms with van der Waals surface area (Å²) in [5, 5.41) is 2.10. The summed E-state index contributed by atoms with van der Waals surface area (Å²) >= 11 is 1.73. The summed E-state index contributed by atoms with van der Waals surface area (Å²) in [6, 6.07) is 2.08. The SMILES string of the molecule is CN(C(=O)c1[nH]c2ccsc2c1CN1CCCCC1)C1=CCCC=C1. The molecule has 0 bridgehead atoms. The fourth-order valence-electron chi connectivity index (χ4n) is 3.77. The van der Waals surface area contributed by atoms with E-state index in [0.29, 0.717) is 0 Å². The number of carbonyl (C=O) groups excluding carboxylic acids is 1. The zero-order chi connectivity index (χ0) is 17.2. The third kappa shape index (κ3) is 3.31. The van der Waals surface area contributed by atoms with E-state index in [1.54, 1.807) is 16.2 Å². The molecule has 1 aliphatic heterocycles. The standard InChI is InChI=1S/C20H25N3OS/c1-22(15-8-4-2-5-9-15)20(24)18-16(14-23-11-6-3-7-12-23)19-17(21-18)10-13-25-19/h4,8-10,13,21H,2-3,5-7,11-12,14H2,1H3. The smallest absolute Gasteiger partial charge is 0.274 e. The number of hydrogen-bond acceptors (Lipinski definition) is 3. The Kier molecular flexibility index (Phi) is 4.77. The van der Waals surface area contributed by atoms with Crippen LogP contribution in [0.2, 0.25) is 0 Å². The maximum absolute atomic E-state index is 13.2. The number of piperidine rings is 1. The van der Waals surface area contributed by atoms with Gasteiger partial charge in [0.1, 0.15) is 5.69 Å². The van der Waals surface area contributed by atoms with E-state index < -0.39 is 0 Å². The zero-order valence-corrected chi connectivity index (χ0v) is 15.6. The summed E-state index contributed by atoms with van der Waals surface area (Å²) < 4.78 is 1.23. The van der Waals surface area contributed by atoms with Crippen LogP contribution in [0.25, 0.3) is 10.2 Å². The Morgan fingerprint density at radius 1 is 1.28 bits per heavy atom. The van der Waals surface area contributed by atoms with E-state index in [0.717, 1.165) is 49.4 Å². The number of allylic oxidation sites excluding steroid dienone is 3. The normalized spacial score (nSPS) is 18.5. The first-order chi connectivity index (χ1) is 12.2. The summed E-state index contributed by atoms with van der Waals surface area (Å²) in [6.45, 7) is 3.13. The van der Waals surface area contributed by atoms with Crippen molar-refractivity contribution >= 4 is 27.5 Å². The number of aromatic amines is 1. The number of fused-ring (bicyclic) bond motifs is 1. The van der Waals surface area contributed by atoms with Crippen LogP contribution >= 0.6 is 11.3 Å². The van der Waals surface area contributed by atoms with Gasteiger partial charge in [0.15, 0.2) is 0 Å². The van der Waals surface area contributed by atoms with Crippen LogP contribution in [0.5, 0.6) is 0 Å². The van der Waals surface area contributed by atoms with Crippen LogP contribution in [0.4, 0.5) is 0 Å². The lowest BCUT2D eigenvalue weighted by Gasteiger charge is -2.27. The second kappa shape index (κ2) is 7.18. The van der Waals surface area contributed by atoms with Crippen LogP contribution in [0, 0.1) is 0 Å². The third-order valence-corrected chi connectivity index (χ3v) is 6.19. The Bertz CT molecular complexity index is 823. The van der Waals surface area contributed by atoms with Gasteiger partial charge in [-0.1, -0.05) is 18.6 Å². The predicted octanol–water partition coefficient (Wildman–Crippen LogP) is 4.52. The molecule has 1 amide bonds. The lowest BCUT2D eigenvalue weighted by Crippen LogP contribution is -2.31. The van der Waals surface area contributed by atoms with Crippen molar-refractivity contribution in [3.63, 3.8) is 0 Å². The van der Waals surface area contributed by atoms with Crippen molar-refractivity contribution in [2.75, 3.05) is 20.1 Å². The lowest BCUT2D eigenvalue weighted by atomic mass is 10.1. The van der Waals surface area contributed by atoms with Gasteiger partial charge in [-0.3, -0.25) is 9.69 Å². The molecule has 0 radical (unpaired) electrons. The van der Waals surface area contributed by atoms with Gasteiger partial charge in [-0.15, -0.1) is 11.3 Å². The molecule has 25 heavy (non-hydrogen) atoms. The fourth-order valence-corrected chi connectivity index (χ4v) is 4.67. The first-order valence-electron chi connectivity index (χ1n) is 9.19. The molecular formula is C20H25N3OS. The van der Waals surface area contributed by atoms with Gasteiger partial charge in [0.2, 0.25) is 0 Å².